The Bertz CT molecular complexity index is 1340. The second kappa shape index (κ2) is 7.61. The lowest BCUT2D eigenvalue weighted by Crippen LogP contribution is -2.08. The Kier molecular flexibility index (Phi) is 5.22. The van der Waals surface area contributed by atoms with Crippen LogP contribution >= 0.6 is 11.3 Å². The molecule has 31 heavy (non-hydrogen) atoms. The topological polar surface area (TPSA) is 64.8 Å². The summed E-state index contributed by atoms with van der Waals surface area (Å²) in [6.07, 6.45) is -3.54. The van der Waals surface area contributed by atoms with Gasteiger partial charge >= 0.3 is 6.18 Å². The van der Waals surface area contributed by atoms with E-state index in [1.54, 1.807) is 36.7 Å². The molecular formula is C21H16F3N3O2S2. The van der Waals surface area contributed by atoms with Gasteiger partial charge in [-0.2, -0.15) is 18.3 Å². The van der Waals surface area contributed by atoms with E-state index in [4.69, 9.17) is 0 Å². The van der Waals surface area contributed by atoms with Crippen molar-refractivity contribution in [2.24, 2.45) is 0 Å². The minimum Gasteiger partial charge on any atom is -0.245 e. The first-order valence-electron chi connectivity index (χ1n) is 9.01. The second-order valence-electron chi connectivity index (χ2n) is 7.00. The van der Waals surface area contributed by atoms with E-state index in [9.17, 15) is 21.6 Å². The van der Waals surface area contributed by atoms with Crippen molar-refractivity contribution in [3.8, 4) is 28.2 Å². The molecule has 0 saturated heterocycles. The first-order valence-corrected chi connectivity index (χ1v) is 11.8. The summed E-state index contributed by atoms with van der Waals surface area (Å²) in [6.45, 7) is 1.59. The van der Waals surface area contributed by atoms with Crippen molar-refractivity contribution < 1.29 is 21.6 Å². The number of nitrogens with zero attached hydrogens (tertiary/aromatic N) is 3. The fourth-order valence-corrected chi connectivity index (χ4v) is 4.79. The third-order valence-corrected chi connectivity index (χ3v) is 6.55. The van der Waals surface area contributed by atoms with Crippen LogP contribution in [0.25, 0.3) is 28.2 Å². The zero-order valence-corrected chi connectivity index (χ0v) is 18.0. The van der Waals surface area contributed by atoms with Gasteiger partial charge in [0.2, 0.25) is 0 Å². The minimum absolute atomic E-state index is 0.119. The highest BCUT2D eigenvalue weighted by molar-refractivity contribution is 7.90. The third-order valence-electron chi connectivity index (χ3n) is 4.71. The van der Waals surface area contributed by atoms with Crippen LogP contribution in [-0.4, -0.2) is 29.4 Å². The number of benzene rings is 2. The summed E-state index contributed by atoms with van der Waals surface area (Å²) in [7, 11) is -3.45. The number of thiazole rings is 1. The SMILES string of the molecule is Cc1cc(-n2nc(C(F)(F)F)cc2-c2ccc(-c3cscn3)cc2)ccc1S(C)(=O)=O. The Morgan fingerprint density at radius 3 is 2.23 bits per heavy atom. The van der Waals surface area contributed by atoms with Crippen LogP contribution in [0.4, 0.5) is 13.2 Å². The van der Waals surface area contributed by atoms with Gasteiger partial charge < -0.3 is 0 Å². The second-order valence-corrected chi connectivity index (χ2v) is 9.70. The molecule has 2 aromatic carbocycles. The van der Waals surface area contributed by atoms with E-state index in [0.29, 0.717) is 16.8 Å². The van der Waals surface area contributed by atoms with Crippen molar-refractivity contribution in [3.05, 3.63) is 70.7 Å². The summed E-state index contributed by atoms with van der Waals surface area (Å²) in [6, 6.07) is 12.3. The van der Waals surface area contributed by atoms with Crippen molar-refractivity contribution >= 4 is 21.2 Å². The van der Waals surface area contributed by atoms with Crippen LogP contribution in [0.15, 0.2) is 64.3 Å². The van der Waals surface area contributed by atoms with Gasteiger partial charge in [0.05, 0.1) is 27.5 Å². The first kappa shape index (κ1) is 21.3. The standard InChI is InChI=1S/C21H16F3N3O2S2/c1-13-9-16(7-8-19(13)31(2,28)29)27-18(10-20(26-27)21(22,23)24)15-5-3-14(4-6-15)17-11-30-12-25-17/h3-12H,1-2H3. The predicted octanol–water partition coefficient (Wildman–Crippen LogP) is 5.39. The van der Waals surface area contributed by atoms with Crippen molar-refractivity contribution in [2.45, 2.75) is 18.0 Å². The number of sulfone groups is 1. The number of aromatic nitrogens is 3. The van der Waals surface area contributed by atoms with E-state index >= 15 is 0 Å². The number of hydrogen-bond donors (Lipinski definition) is 0. The molecule has 4 rings (SSSR count). The van der Waals surface area contributed by atoms with Gasteiger partial charge in [-0.1, -0.05) is 24.3 Å². The average molecular weight is 464 g/mol. The molecule has 0 unspecified atom stereocenters. The van der Waals surface area contributed by atoms with Crippen molar-refractivity contribution in [1.82, 2.24) is 14.8 Å². The normalized spacial score (nSPS) is 12.3. The molecule has 0 bridgehead atoms. The van der Waals surface area contributed by atoms with E-state index < -0.39 is 21.7 Å². The van der Waals surface area contributed by atoms with Gasteiger partial charge in [-0.25, -0.2) is 18.1 Å². The number of halogens is 3. The Morgan fingerprint density at radius 2 is 1.68 bits per heavy atom. The highest BCUT2D eigenvalue weighted by Crippen LogP contribution is 2.34. The molecule has 0 aliphatic rings. The molecule has 4 aromatic rings. The van der Waals surface area contributed by atoms with Gasteiger partial charge in [-0.15, -0.1) is 11.3 Å². The maximum absolute atomic E-state index is 13.4. The van der Waals surface area contributed by atoms with E-state index in [2.05, 4.69) is 10.1 Å². The molecule has 160 valence electrons. The Morgan fingerprint density at radius 1 is 1.00 bits per heavy atom. The Labute approximate surface area is 180 Å². The molecule has 0 radical (unpaired) electrons. The van der Waals surface area contributed by atoms with E-state index in [1.165, 1.54) is 34.2 Å². The fraction of sp³-hybridized carbons (Fsp3) is 0.143. The van der Waals surface area contributed by atoms with Crippen LogP contribution in [0.1, 0.15) is 11.3 Å². The monoisotopic (exact) mass is 463 g/mol. The molecule has 0 N–H and O–H groups in total. The molecule has 2 heterocycles. The summed E-state index contributed by atoms with van der Waals surface area (Å²) in [5.41, 5.74) is 3.84. The van der Waals surface area contributed by atoms with Crippen LogP contribution in [0, 0.1) is 6.92 Å². The molecule has 0 fully saturated rings. The molecule has 0 aliphatic heterocycles. The average Bonchev–Trinajstić information content (AvgIpc) is 3.37. The largest absolute Gasteiger partial charge is 0.435 e. The molecule has 0 spiro atoms. The van der Waals surface area contributed by atoms with E-state index in [1.807, 2.05) is 5.38 Å². The summed E-state index contributed by atoms with van der Waals surface area (Å²) < 4.78 is 65.1. The van der Waals surface area contributed by atoms with Gasteiger partial charge in [-0.3, -0.25) is 0 Å². The third kappa shape index (κ3) is 4.26. The molecular weight excluding hydrogens is 447 g/mol. The summed E-state index contributed by atoms with van der Waals surface area (Å²) in [5.74, 6) is 0. The van der Waals surface area contributed by atoms with Crippen LogP contribution in [0.3, 0.4) is 0 Å². The lowest BCUT2D eigenvalue weighted by atomic mass is 10.1. The van der Waals surface area contributed by atoms with E-state index in [0.717, 1.165) is 23.6 Å². The smallest absolute Gasteiger partial charge is 0.245 e. The molecule has 2 aromatic heterocycles. The van der Waals surface area contributed by atoms with Crippen LogP contribution < -0.4 is 0 Å². The lowest BCUT2D eigenvalue weighted by Gasteiger charge is -2.11. The van der Waals surface area contributed by atoms with Crippen LogP contribution in [0.5, 0.6) is 0 Å². The summed E-state index contributed by atoms with van der Waals surface area (Å²) in [4.78, 5) is 4.35. The lowest BCUT2D eigenvalue weighted by molar-refractivity contribution is -0.141. The van der Waals surface area contributed by atoms with Gasteiger partial charge in [0.25, 0.3) is 0 Å². The minimum atomic E-state index is -4.62. The zero-order valence-electron chi connectivity index (χ0n) is 16.4. The van der Waals surface area contributed by atoms with Crippen molar-refractivity contribution in [3.63, 3.8) is 0 Å². The number of rotatable bonds is 4. The van der Waals surface area contributed by atoms with Crippen LogP contribution in [-0.2, 0) is 16.0 Å². The predicted molar refractivity (Wildman–Crippen MR) is 113 cm³/mol. The highest BCUT2D eigenvalue weighted by atomic mass is 32.2. The summed E-state index contributed by atoms with van der Waals surface area (Å²) >= 11 is 1.45. The quantitative estimate of drug-likeness (QED) is 0.407. The Balaban J connectivity index is 1.84. The molecule has 0 atom stereocenters. The molecule has 10 heteroatoms. The molecule has 5 nitrogen and oxygen atoms in total. The van der Waals surface area contributed by atoms with Crippen LogP contribution in [0.2, 0.25) is 0 Å². The van der Waals surface area contributed by atoms with Gasteiger partial charge in [0.15, 0.2) is 15.5 Å². The van der Waals surface area contributed by atoms with E-state index in [-0.39, 0.29) is 10.6 Å². The van der Waals surface area contributed by atoms with Gasteiger partial charge in [0.1, 0.15) is 0 Å². The number of hydrogen-bond acceptors (Lipinski definition) is 5. The van der Waals surface area contributed by atoms with Gasteiger partial charge in [0, 0.05) is 22.8 Å². The maximum atomic E-state index is 13.4. The fourth-order valence-electron chi connectivity index (χ4n) is 3.27. The molecule has 0 saturated carbocycles. The number of aryl methyl sites for hydroxylation is 1. The molecule has 0 amide bonds. The maximum Gasteiger partial charge on any atom is 0.435 e. The van der Waals surface area contributed by atoms with Crippen molar-refractivity contribution in [1.29, 1.82) is 0 Å². The summed E-state index contributed by atoms with van der Waals surface area (Å²) in [5, 5.41) is 5.65. The van der Waals surface area contributed by atoms with Crippen molar-refractivity contribution in [2.75, 3.05) is 6.26 Å². The Hall–Kier alpha value is -2.98. The zero-order chi connectivity index (χ0) is 22.4. The van der Waals surface area contributed by atoms with Gasteiger partial charge in [-0.05, 0) is 36.8 Å². The number of alkyl halides is 3. The molecule has 0 aliphatic carbocycles. The first-order chi connectivity index (χ1) is 14.5. The highest BCUT2D eigenvalue weighted by Gasteiger charge is 2.35.